The molecule has 2 heterocycles. The van der Waals surface area contributed by atoms with Crippen molar-refractivity contribution in [2.24, 2.45) is 10.7 Å². The number of carbonyl (C=O) groups excluding carboxylic acids is 1. The van der Waals surface area contributed by atoms with Gasteiger partial charge in [0.2, 0.25) is 11.6 Å². The third kappa shape index (κ3) is 1.78. The second kappa shape index (κ2) is 5.22. The number of nitrogens with two attached hydrogens (primary N) is 1. The molecular weight excluding hydrogens is 316 g/mol. The Kier molecular flexibility index (Phi) is 3.23. The van der Waals surface area contributed by atoms with Crippen LogP contribution in [0.25, 0.3) is 0 Å². The molecule has 2 aromatic rings. The minimum Gasteiger partial charge on any atom is -0.369 e. The Labute approximate surface area is 146 Å². The first kappa shape index (κ1) is 15.5. The summed E-state index contributed by atoms with van der Waals surface area (Å²) in [6.07, 6.45) is 0. The number of amides is 2. The summed E-state index contributed by atoms with van der Waals surface area (Å²) in [5.41, 5.74) is 12.0. The summed E-state index contributed by atoms with van der Waals surface area (Å²) in [5.74, 6) is 0.227. The maximum absolute atomic E-state index is 13.0. The van der Waals surface area contributed by atoms with Gasteiger partial charge in [-0.05, 0) is 5.56 Å². The van der Waals surface area contributed by atoms with E-state index in [1.54, 1.807) is 23.9 Å². The van der Waals surface area contributed by atoms with Gasteiger partial charge in [-0.2, -0.15) is 0 Å². The van der Waals surface area contributed by atoms with Gasteiger partial charge >= 0.3 is 6.03 Å². The fourth-order valence-corrected chi connectivity index (χ4v) is 3.95. The van der Waals surface area contributed by atoms with Crippen molar-refractivity contribution in [1.29, 1.82) is 0 Å². The molecule has 4 N–H and O–H groups in total. The Morgan fingerprint density at radius 2 is 1.48 bits per heavy atom. The summed E-state index contributed by atoms with van der Waals surface area (Å²) >= 11 is 0. The van der Waals surface area contributed by atoms with Crippen molar-refractivity contribution in [2.45, 2.75) is 11.3 Å². The minimum absolute atomic E-state index is 0.152. The first-order chi connectivity index (χ1) is 12.0. The maximum Gasteiger partial charge on any atom is 0.323 e. The van der Waals surface area contributed by atoms with Crippen LogP contribution < -0.4 is 16.6 Å². The number of fused-ring (bicyclic) bond motifs is 1. The Balaban J connectivity index is 2.10. The van der Waals surface area contributed by atoms with Gasteiger partial charge in [0.05, 0.1) is 0 Å². The van der Waals surface area contributed by atoms with Gasteiger partial charge < -0.3 is 5.73 Å². The highest BCUT2D eigenvalue weighted by Gasteiger charge is 2.69. The average molecular weight is 336 g/mol. The summed E-state index contributed by atoms with van der Waals surface area (Å²) in [6.45, 7) is 0. The summed E-state index contributed by atoms with van der Waals surface area (Å²) in [6, 6.07) is 19.4. The van der Waals surface area contributed by atoms with Crippen LogP contribution in [0.1, 0.15) is 11.1 Å². The average Bonchev–Trinajstić information content (AvgIpc) is 2.83. The number of hydrogen-bond acceptors (Lipinski definition) is 5. The number of guanidine groups is 1. The quantitative estimate of drug-likeness (QED) is 0.767. The van der Waals surface area contributed by atoms with E-state index in [9.17, 15) is 4.79 Å². The number of carbonyl (C=O) groups is 1. The minimum atomic E-state index is -1.04. The third-order valence-electron chi connectivity index (χ3n) is 5.09. The molecule has 0 saturated carbocycles. The SMILES string of the molecule is CN1C(=O)N(C)[C@]2(c3ccccc3)NNC(N)=N[C@]12c1ccccc1. The number of rotatable bonds is 2. The first-order valence-corrected chi connectivity index (χ1v) is 8.05. The van der Waals surface area contributed by atoms with Crippen molar-refractivity contribution in [1.82, 2.24) is 20.7 Å². The molecule has 0 unspecified atom stereocenters. The summed E-state index contributed by atoms with van der Waals surface area (Å²) in [5, 5.41) is 0. The lowest BCUT2D eigenvalue weighted by Gasteiger charge is -2.49. The van der Waals surface area contributed by atoms with Crippen molar-refractivity contribution in [3.05, 3.63) is 71.8 Å². The zero-order chi connectivity index (χ0) is 17.7. The molecule has 0 radical (unpaired) electrons. The van der Waals surface area contributed by atoms with E-state index in [2.05, 4.69) is 10.9 Å². The Morgan fingerprint density at radius 3 is 2.08 bits per heavy atom. The third-order valence-corrected chi connectivity index (χ3v) is 5.09. The number of hydrazine groups is 1. The van der Waals surface area contributed by atoms with E-state index in [-0.39, 0.29) is 12.0 Å². The van der Waals surface area contributed by atoms with Gasteiger partial charge in [0.1, 0.15) is 0 Å². The van der Waals surface area contributed by atoms with E-state index in [1.165, 1.54) is 0 Å². The molecular formula is C18H20N6O. The summed E-state index contributed by atoms with van der Waals surface area (Å²) < 4.78 is 0. The largest absolute Gasteiger partial charge is 0.369 e. The van der Waals surface area contributed by atoms with Crippen LogP contribution >= 0.6 is 0 Å². The second-order valence-electron chi connectivity index (χ2n) is 6.26. The predicted octanol–water partition coefficient (Wildman–Crippen LogP) is 1.11. The van der Waals surface area contributed by atoms with E-state index >= 15 is 0 Å². The van der Waals surface area contributed by atoms with Gasteiger partial charge in [0.25, 0.3) is 0 Å². The summed E-state index contributed by atoms with van der Waals surface area (Å²) in [4.78, 5) is 21.1. The van der Waals surface area contributed by atoms with E-state index in [4.69, 9.17) is 10.7 Å². The molecule has 25 heavy (non-hydrogen) atoms. The highest BCUT2D eigenvalue weighted by atomic mass is 16.2. The van der Waals surface area contributed by atoms with E-state index < -0.39 is 11.3 Å². The van der Waals surface area contributed by atoms with Gasteiger partial charge in [0.15, 0.2) is 5.66 Å². The molecule has 0 aromatic heterocycles. The molecule has 128 valence electrons. The lowest BCUT2D eigenvalue weighted by atomic mass is 9.80. The van der Waals surface area contributed by atoms with Gasteiger partial charge in [-0.25, -0.2) is 15.2 Å². The monoisotopic (exact) mass is 336 g/mol. The van der Waals surface area contributed by atoms with Crippen LogP contribution in [0.2, 0.25) is 0 Å². The fourth-order valence-electron chi connectivity index (χ4n) is 3.95. The van der Waals surface area contributed by atoms with Crippen molar-refractivity contribution in [2.75, 3.05) is 14.1 Å². The number of likely N-dealkylation sites (N-methyl/N-ethyl adjacent to an activating group) is 2. The molecule has 4 rings (SSSR count). The van der Waals surface area contributed by atoms with Crippen LogP contribution in [0.5, 0.6) is 0 Å². The molecule has 0 bridgehead atoms. The molecule has 7 heteroatoms. The molecule has 2 amide bonds. The predicted molar refractivity (Wildman–Crippen MR) is 95.1 cm³/mol. The van der Waals surface area contributed by atoms with Crippen LogP contribution in [-0.2, 0) is 11.3 Å². The van der Waals surface area contributed by atoms with Crippen LogP contribution in [-0.4, -0.2) is 35.9 Å². The van der Waals surface area contributed by atoms with E-state index in [0.29, 0.717) is 0 Å². The van der Waals surface area contributed by atoms with Crippen molar-refractivity contribution < 1.29 is 4.79 Å². The number of benzene rings is 2. The topological polar surface area (TPSA) is 86.0 Å². The van der Waals surface area contributed by atoms with Crippen molar-refractivity contribution >= 4 is 12.0 Å². The molecule has 2 aromatic carbocycles. The molecule has 7 nitrogen and oxygen atoms in total. The van der Waals surface area contributed by atoms with Gasteiger partial charge in [0, 0.05) is 19.7 Å². The molecule has 2 aliphatic heterocycles. The highest BCUT2D eigenvalue weighted by Crippen LogP contribution is 2.53. The van der Waals surface area contributed by atoms with Crippen molar-refractivity contribution in [3.63, 3.8) is 0 Å². The molecule has 1 fully saturated rings. The second-order valence-corrected chi connectivity index (χ2v) is 6.26. The standard InChI is InChI=1S/C18H20N6O/c1-23-16(25)24(2)18(14-11-7-4-8-12-14)17(23,20-15(19)21-22-18)13-9-5-3-6-10-13/h3-12,22H,1-2H3,(H3,19,20,21)/t17-,18+/m1/s1. The Bertz CT molecular complexity index is 839. The maximum atomic E-state index is 13.0. The van der Waals surface area contributed by atoms with Crippen LogP contribution in [0.15, 0.2) is 65.7 Å². The smallest absolute Gasteiger partial charge is 0.323 e. The molecule has 2 aliphatic rings. The fraction of sp³-hybridized carbons (Fsp3) is 0.222. The van der Waals surface area contributed by atoms with Crippen molar-refractivity contribution in [3.8, 4) is 0 Å². The van der Waals surface area contributed by atoms with E-state index in [0.717, 1.165) is 11.1 Å². The number of nitrogens with zero attached hydrogens (tertiary/aromatic N) is 3. The van der Waals surface area contributed by atoms with Gasteiger partial charge in [-0.15, -0.1) is 0 Å². The number of urea groups is 1. The lowest BCUT2D eigenvalue weighted by Crippen LogP contribution is -2.71. The zero-order valence-electron chi connectivity index (χ0n) is 14.1. The first-order valence-electron chi connectivity index (χ1n) is 8.05. The lowest BCUT2D eigenvalue weighted by molar-refractivity contribution is 0.0162. The molecule has 2 atom stereocenters. The van der Waals surface area contributed by atoms with Crippen LogP contribution in [0.3, 0.4) is 0 Å². The van der Waals surface area contributed by atoms with Gasteiger partial charge in [-0.3, -0.25) is 15.2 Å². The normalized spacial score (nSPS) is 28.4. The van der Waals surface area contributed by atoms with Crippen LogP contribution in [0, 0.1) is 0 Å². The Morgan fingerprint density at radius 1 is 0.920 bits per heavy atom. The number of nitrogens with one attached hydrogen (secondary N) is 2. The molecule has 1 saturated heterocycles. The Hall–Kier alpha value is -3.06. The van der Waals surface area contributed by atoms with E-state index in [1.807, 2.05) is 60.7 Å². The number of hydrogen-bond donors (Lipinski definition) is 3. The van der Waals surface area contributed by atoms with Crippen LogP contribution in [0.4, 0.5) is 4.79 Å². The van der Waals surface area contributed by atoms with Gasteiger partial charge in [-0.1, -0.05) is 60.7 Å². The number of aliphatic imine (C=N–C) groups is 1. The molecule has 0 aliphatic carbocycles. The zero-order valence-corrected chi connectivity index (χ0v) is 14.1. The molecule has 0 spiro atoms. The summed E-state index contributed by atoms with van der Waals surface area (Å²) in [7, 11) is 3.52. The highest BCUT2D eigenvalue weighted by molar-refractivity contribution is 5.85.